The van der Waals surface area contributed by atoms with Crippen molar-refractivity contribution in [2.45, 2.75) is 58.5 Å². The third-order valence-corrected chi connectivity index (χ3v) is 5.58. The topological polar surface area (TPSA) is 105 Å². The SMILES string of the molecule is C=CC[C@H](CC(=O)N[C@H](C)CO)C(=O)N[C@H](COC(=O)[C@@H](CC=C)Cc1ccccc1)C(C)C. The average Bonchev–Trinajstić information content (AvgIpc) is 2.81. The molecule has 1 aromatic rings. The monoisotopic (exact) mass is 472 g/mol. The maximum absolute atomic E-state index is 12.9. The van der Waals surface area contributed by atoms with Crippen molar-refractivity contribution < 1.29 is 24.2 Å². The second-order valence-corrected chi connectivity index (χ2v) is 8.98. The van der Waals surface area contributed by atoms with Gasteiger partial charge in [0.15, 0.2) is 0 Å². The van der Waals surface area contributed by atoms with Crippen LogP contribution in [0.1, 0.15) is 45.6 Å². The number of esters is 1. The summed E-state index contributed by atoms with van der Waals surface area (Å²) in [6.45, 7) is 12.8. The molecule has 0 unspecified atom stereocenters. The molecule has 0 fully saturated rings. The lowest BCUT2D eigenvalue weighted by atomic mass is 9.96. The van der Waals surface area contributed by atoms with Crippen LogP contribution >= 0.6 is 0 Å². The van der Waals surface area contributed by atoms with E-state index >= 15 is 0 Å². The maximum Gasteiger partial charge on any atom is 0.309 e. The summed E-state index contributed by atoms with van der Waals surface area (Å²) in [6.07, 6.45) is 4.66. The summed E-state index contributed by atoms with van der Waals surface area (Å²) in [5.74, 6) is -1.89. The molecule has 0 aliphatic heterocycles. The Morgan fingerprint density at radius 2 is 1.62 bits per heavy atom. The lowest BCUT2D eigenvalue weighted by Crippen LogP contribution is -2.46. The van der Waals surface area contributed by atoms with E-state index in [0.717, 1.165) is 5.56 Å². The van der Waals surface area contributed by atoms with Crippen LogP contribution in [0.15, 0.2) is 55.6 Å². The Bertz CT molecular complexity index is 793. The van der Waals surface area contributed by atoms with Gasteiger partial charge in [-0.15, -0.1) is 13.2 Å². The van der Waals surface area contributed by atoms with E-state index in [9.17, 15) is 14.4 Å². The van der Waals surface area contributed by atoms with Crippen molar-refractivity contribution in [2.75, 3.05) is 13.2 Å². The van der Waals surface area contributed by atoms with E-state index in [0.29, 0.717) is 19.3 Å². The smallest absolute Gasteiger partial charge is 0.309 e. The summed E-state index contributed by atoms with van der Waals surface area (Å²) in [5.41, 5.74) is 1.04. The molecule has 2 amide bonds. The number of benzene rings is 1. The largest absolute Gasteiger partial charge is 0.463 e. The third-order valence-electron chi connectivity index (χ3n) is 5.58. The predicted molar refractivity (Wildman–Crippen MR) is 134 cm³/mol. The van der Waals surface area contributed by atoms with Crippen molar-refractivity contribution in [2.24, 2.45) is 17.8 Å². The lowest BCUT2D eigenvalue weighted by Gasteiger charge is -2.26. The number of hydrogen-bond acceptors (Lipinski definition) is 5. The van der Waals surface area contributed by atoms with Crippen molar-refractivity contribution in [3.8, 4) is 0 Å². The van der Waals surface area contributed by atoms with Crippen molar-refractivity contribution in [1.82, 2.24) is 10.6 Å². The first-order valence-corrected chi connectivity index (χ1v) is 11.8. The van der Waals surface area contributed by atoms with E-state index in [1.165, 1.54) is 0 Å². The number of amides is 2. The van der Waals surface area contributed by atoms with Gasteiger partial charge in [-0.05, 0) is 37.7 Å². The van der Waals surface area contributed by atoms with Gasteiger partial charge in [-0.3, -0.25) is 14.4 Å². The summed E-state index contributed by atoms with van der Waals surface area (Å²) in [4.78, 5) is 37.9. The van der Waals surface area contributed by atoms with E-state index in [1.54, 1.807) is 19.1 Å². The standard InChI is InChI=1S/C27H40N2O5/c1-6-11-22(16-25(31)28-20(5)17-30)26(32)29-24(19(3)4)18-34-27(33)23(12-7-2)15-21-13-9-8-10-14-21/h6-10,13-14,19-20,22-24,30H,1-2,11-12,15-18H2,3-5H3,(H,28,31)(H,29,32)/t20-,22-,23+,24-/m1/s1. The van der Waals surface area contributed by atoms with Crippen LogP contribution in [0.3, 0.4) is 0 Å². The Balaban J connectivity index is 2.75. The van der Waals surface area contributed by atoms with Crippen molar-refractivity contribution in [3.05, 3.63) is 61.2 Å². The molecule has 188 valence electrons. The van der Waals surface area contributed by atoms with Crippen molar-refractivity contribution >= 4 is 17.8 Å². The number of ether oxygens (including phenoxy) is 1. The van der Waals surface area contributed by atoms with Gasteiger partial charge >= 0.3 is 5.97 Å². The Hall–Kier alpha value is -2.93. The van der Waals surface area contributed by atoms with Crippen LogP contribution in [0, 0.1) is 17.8 Å². The summed E-state index contributed by atoms with van der Waals surface area (Å²) >= 11 is 0. The number of aliphatic hydroxyl groups excluding tert-OH is 1. The number of carbonyl (C=O) groups is 3. The normalized spacial score (nSPS) is 14.4. The summed E-state index contributed by atoms with van der Waals surface area (Å²) in [5, 5.41) is 14.7. The summed E-state index contributed by atoms with van der Waals surface area (Å²) < 4.78 is 5.61. The Morgan fingerprint density at radius 3 is 2.18 bits per heavy atom. The van der Waals surface area contributed by atoms with Crippen LogP contribution in [0.2, 0.25) is 0 Å². The highest BCUT2D eigenvalue weighted by atomic mass is 16.5. The number of nitrogens with one attached hydrogen (secondary N) is 2. The highest BCUT2D eigenvalue weighted by Gasteiger charge is 2.27. The van der Waals surface area contributed by atoms with Crippen LogP contribution in [0.4, 0.5) is 0 Å². The van der Waals surface area contributed by atoms with Gasteiger partial charge in [0, 0.05) is 12.5 Å². The zero-order valence-corrected chi connectivity index (χ0v) is 20.7. The van der Waals surface area contributed by atoms with E-state index in [1.807, 2.05) is 44.2 Å². The minimum Gasteiger partial charge on any atom is -0.463 e. The fourth-order valence-corrected chi connectivity index (χ4v) is 3.44. The van der Waals surface area contributed by atoms with Gasteiger partial charge in [0.2, 0.25) is 11.8 Å². The highest BCUT2D eigenvalue weighted by molar-refractivity contribution is 5.86. The second kappa shape index (κ2) is 15.8. The predicted octanol–water partition coefficient (Wildman–Crippen LogP) is 3.18. The number of aliphatic hydroxyl groups is 1. The molecular formula is C27H40N2O5. The molecule has 0 aromatic heterocycles. The minimum atomic E-state index is -0.605. The van der Waals surface area contributed by atoms with Crippen LogP contribution < -0.4 is 10.6 Å². The Labute approximate surface area is 203 Å². The number of carbonyl (C=O) groups excluding carboxylic acids is 3. The lowest BCUT2D eigenvalue weighted by molar-refractivity contribution is -0.150. The van der Waals surface area contributed by atoms with Crippen LogP contribution in [-0.2, 0) is 25.5 Å². The molecule has 3 N–H and O–H groups in total. The molecule has 0 spiro atoms. The zero-order chi connectivity index (χ0) is 25.5. The molecule has 0 saturated carbocycles. The molecule has 7 nitrogen and oxygen atoms in total. The molecule has 1 aromatic carbocycles. The first-order chi connectivity index (χ1) is 16.2. The molecular weight excluding hydrogens is 432 g/mol. The maximum atomic E-state index is 12.9. The van der Waals surface area contributed by atoms with Crippen molar-refractivity contribution in [1.29, 1.82) is 0 Å². The quantitative estimate of drug-likeness (QED) is 0.253. The van der Waals surface area contributed by atoms with Gasteiger partial charge in [-0.25, -0.2) is 0 Å². The van der Waals surface area contributed by atoms with E-state index in [2.05, 4.69) is 23.8 Å². The molecule has 0 radical (unpaired) electrons. The molecule has 0 saturated heterocycles. The van der Waals surface area contributed by atoms with E-state index in [-0.39, 0.29) is 55.3 Å². The highest BCUT2D eigenvalue weighted by Crippen LogP contribution is 2.16. The van der Waals surface area contributed by atoms with Gasteiger partial charge in [-0.1, -0.05) is 56.3 Å². The fraction of sp³-hybridized carbons (Fsp3) is 0.519. The van der Waals surface area contributed by atoms with Crippen molar-refractivity contribution in [3.63, 3.8) is 0 Å². The number of allylic oxidation sites excluding steroid dienone is 2. The molecule has 1 rings (SSSR count). The Morgan fingerprint density at radius 1 is 1.00 bits per heavy atom. The van der Waals surface area contributed by atoms with Crippen LogP contribution in [0.25, 0.3) is 0 Å². The summed E-state index contributed by atoms with van der Waals surface area (Å²) in [7, 11) is 0. The second-order valence-electron chi connectivity index (χ2n) is 8.98. The molecule has 34 heavy (non-hydrogen) atoms. The number of rotatable bonds is 16. The Kier molecular flexibility index (Phi) is 13.5. The van der Waals surface area contributed by atoms with E-state index < -0.39 is 12.0 Å². The minimum absolute atomic E-state index is 0.0105. The first kappa shape index (κ1) is 29.1. The van der Waals surface area contributed by atoms with Crippen LogP contribution in [0.5, 0.6) is 0 Å². The average molecular weight is 473 g/mol. The fourth-order valence-electron chi connectivity index (χ4n) is 3.44. The molecule has 7 heteroatoms. The van der Waals surface area contributed by atoms with Gasteiger partial charge in [0.05, 0.1) is 24.5 Å². The molecule has 0 aliphatic carbocycles. The van der Waals surface area contributed by atoms with Gasteiger partial charge < -0.3 is 20.5 Å². The molecule has 4 atom stereocenters. The molecule has 0 heterocycles. The summed E-state index contributed by atoms with van der Waals surface area (Å²) in [6, 6.07) is 8.94. The van der Waals surface area contributed by atoms with Gasteiger partial charge in [0.1, 0.15) is 6.61 Å². The molecule has 0 aliphatic rings. The van der Waals surface area contributed by atoms with E-state index in [4.69, 9.17) is 9.84 Å². The van der Waals surface area contributed by atoms with Crippen LogP contribution in [-0.4, -0.2) is 48.2 Å². The first-order valence-electron chi connectivity index (χ1n) is 11.8. The zero-order valence-electron chi connectivity index (χ0n) is 20.7. The number of hydrogen-bond donors (Lipinski definition) is 3. The molecule has 0 bridgehead atoms. The third kappa shape index (κ3) is 10.8. The van der Waals surface area contributed by atoms with Gasteiger partial charge in [0.25, 0.3) is 0 Å². The van der Waals surface area contributed by atoms with Gasteiger partial charge in [-0.2, -0.15) is 0 Å².